The zero-order valence-electron chi connectivity index (χ0n) is 16.0. The van der Waals surface area contributed by atoms with Crippen LogP contribution in [0, 0.1) is 0 Å². The Morgan fingerprint density at radius 2 is 1.89 bits per heavy atom. The van der Waals surface area contributed by atoms with Crippen molar-refractivity contribution < 1.29 is 22.7 Å². The lowest BCUT2D eigenvalue weighted by molar-refractivity contribution is -0.135. The third-order valence-electron chi connectivity index (χ3n) is 4.76. The molecule has 1 aliphatic heterocycles. The molecule has 2 amide bonds. The average Bonchev–Trinajstić information content (AvgIpc) is 2.99. The van der Waals surface area contributed by atoms with E-state index in [1.807, 2.05) is 30.3 Å². The van der Waals surface area contributed by atoms with Crippen LogP contribution >= 0.6 is 0 Å². The second-order valence-electron chi connectivity index (χ2n) is 6.81. The maximum Gasteiger partial charge on any atom is 0.224 e. The van der Waals surface area contributed by atoms with Gasteiger partial charge in [-0.05, 0) is 12.0 Å². The van der Waals surface area contributed by atoms with Crippen LogP contribution in [0.4, 0.5) is 0 Å². The summed E-state index contributed by atoms with van der Waals surface area (Å²) in [4.78, 5) is 27.9. The van der Waals surface area contributed by atoms with Crippen molar-refractivity contribution in [1.82, 2.24) is 9.80 Å². The minimum Gasteiger partial charge on any atom is -0.383 e. The molecule has 1 atom stereocenters. The maximum atomic E-state index is 12.8. The minimum absolute atomic E-state index is 0.00287. The molecule has 0 aromatic heterocycles. The summed E-state index contributed by atoms with van der Waals surface area (Å²) in [5, 5.41) is 0. The molecule has 1 aromatic rings. The zero-order valence-corrected chi connectivity index (χ0v) is 16.8. The normalized spacial score (nSPS) is 18.2. The maximum absolute atomic E-state index is 12.8. The number of ether oxygens (including phenoxy) is 1. The highest BCUT2D eigenvalue weighted by atomic mass is 32.2. The predicted octanol–water partition coefficient (Wildman–Crippen LogP) is 1.09. The topological polar surface area (TPSA) is 84.0 Å². The Bertz CT molecular complexity index is 736. The molecular formula is C19H28N2O5S. The Labute approximate surface area is 161 Å². The number of amides is 2. The van der Waals surface area contributed by atoms with Crippen molar-refractivity contribution in [3.8, 4) is 0 Å². The highest BCUT2D eigenvalue weighted by Crippen LogP contribution is 2.19. The van der Waals surface area contributed by atoms with Crippen molar-refractivity contribution in [2.45, 2.75) is 32.4 Å². The van der Waals surface area contributed by atoms with Crippen LogP contribution in [0.2, 0.25) is 0 Å². The lowest BCUT2D eigenvalue weighted by Crippen LogP contribution is -2.44. The van der Waals surface area contributed by atoms with Gasteiger partial charge in [0, 0.05) is 46.1 Å². The Morgan fingerprint density at radius 3 is 2.44 bits per heavy atom. The molecule has 0 radical (unpaired) electrons. The molecule has 7 nitrogen and oxygen atoms in total. The monoisotopic (exact) mass is 396 g/mol. The van der Waals surface area contributed by atoms with Gasteiger partial charge in [-0.1, -0.05) is 30.3 Å². The predicted molar refractivity (Wildman–Crippen MR) is 103 cm³/mol. The van der Waals surface area contributed by atoms with E-state index in [9.17, 15) is 18.0 Å². The number of carbonyl (C=O) groups is 2. The van der Waals surface area contributed by atoms with Crippen LogP contribution in [-0.4, -0.2) is 74.4 Å². The number of hydrogen-bond acceptors (Lipinski definition) is 5. The van der Waals surface area contributed by atoms with Gasteiger partial charge in [-0.3, -0.25) is 9.59 Å². The van der Waals surface area contributed by atoms with E-state index in [1.54, 1.807) is 16.9 Å². The van der Waals surface area contributed by atoms with Gasteiger partial charge in [-0.25, -0.2) is 8.42 Å². The van der Waals surface area contributed by atoms with Crippen LogP contribution in [0.15, 0.2) is 30.3 Å². The molecule has 0 saturated carbocycles. The summed E-state index contributed by atoms with van der Waals surface area (Å²) in [7, 11) is -1.54. The van der Waals surface area contributed by atoms with Gasteiger partial charge in [-0.15, -0.1) is 0 Å². The molecule has 2 rings (SSSR count). The number of sulfone groups is 1. The van der Waals surface area contributed by atoms with E-state index in [0.717, 1.165) is 5.56 Å². The van der Waals surface area contributed by atoms with E-state index in [1.165, 1.54) is 6.92 Å². The molecule has 1 aliphatic rings. The highest BCUT2D eigenvalue weighted by molar-refractivity contribution is 7.91. The molecule has 0 N–H and O–H groups in total. The van der Waals surface area contributed by atoms with Crippen LogP contribution in [0.25, 0.3) is 0 Å². The first-order valence-corrected chi connectivity index (χ1v) is 10.9. The van der Waals surface area contributed by atoms with Crippen molar-refractivity contribution in [2.24, 2.45) is 0 Å². The second kappa shape index (κ2) is 9.85. The lowest BCUT2D eigenvalue weighted by Gasteiger charge is -2.29. The fraction of sp³-hybridized carbons (Fsp3) is 0.579. The van der Waals surface area contributed by atoms with Gasteiger partial charge < -0.3 is 14.5 Å². The van der Waals surface area contributed by atoms with Gasteiger partial charge in [-0.2, -0.15) is 0 Å². The summed E-state index contributed by atoms with van der Waals surface area (Å²) in [5.41, 5.74) is 0.998. The fourth-order valence-electron chi connectivity index (χ4n) is 3.25. The van der Waals surface area contributed by atoms with Crippen LogP contribution in [0.5, 0.6) is 0 Å². The van der Waals surface area contributed by atoms with E-state index in [4.69, 9.17) is 4.74 Å². The first-order valence-electron chi connectivity index (χ1n) is 9.10. The average molecular weight is 397 g/mol. The molecule has 1 heterocycles. The molecule has 150 valence electrons. The van der Waals surface area contributed by atoms with Crippen molar-refractivity contribution in [2.75, 3.05) is 38.3 Å². The van der Waals surface area contributed by atoms with Gasteiger partial charge in [0.05, 0.1) is 18.1 Å². The van der Waals surface area contributed by atoms with Gasteiger partial charge in [0.1, 0.15) is 0 Å². The standard InChI is InChI=1S/C19H28N2O5S/c1-16(22)20(14-17-6-4-3-5-7-17)10-8-19(23)21(11-12-26-2)18-9-13-27(24,25)15-18/h3-7,18H,8-15H2,1-2H3. The Hall–Kier alpha value is -1.93. The number of nitrogens with zero attached hydrogens (tertiary/aromatic N) is 2. The van der Waals surface area contributed by atoms with Crippen LogP contribution < -0.4 is 0 Å². The summed E-state index contributed by atoms with van der Waals surface area (Å²) in [6.07, 6.45) is 0.616. The van der Waals surface area contributed by atoms with E-state index >= 15 is 0 Å². The van der Waals surface area contributed by atoms with E-state index < -0.39 is 9.84 Å². The smallest absolute Gasteiger partial charge is 0.224 e. The first kappa shape index (κ1) is 21.4. The zero-order chi connectivity index (χ0) is 19.9. The van der Waals surface area contributed by atoms with Gasteiger partial charge >= 0.3 is 0 Å². The third kappa shape index (κ3) is 6.62. The summed E-state index contributed by atoms with van der Waals surface area (Å²) < 4.78 is 28.6. The Morgan fingerprint density at radius 1 is 1.19 bits per heavy atom. The van der Waals surface area contributed by atoms with Crippen molar-refractivity contribution >= 4 is 21.7 Å². The summed E-state index contributed by atoms with van der Waals surface area (Å²) in [6, 6.07) is 9.29. The molecule has 1 saturated heterocycles. The second-order valence-corrected chi connectivity index (χ2v) is 9.04. The van der Waals surface area contributed by atoms with E-state index in [2.05, 4.69) is 0 Å². The van der Waals surface area contributed by atoms with Gasteiger partial charge in [0.25, 0.3) is 0 Å². The van der Waals surface area contributed by atoms with Crippen molar-refractivity contribution in [1.29, 1.82) is 0 Å². The number of methoxy groups -OCH3 is 1. The Kier molecular flexibility index (Phi) is 7.79. The fourth-order valence-corrected chi connectivity index (χ4v) is 4.98. The van der Waals surface area contributed by atoms with Crippen LogP contribution in [-0.2, 0) is 30.7 Å². The SMILES string of the molecule is COCCN(C(=O)CCN(Cc1ccccc1)C(C)=O)C1CCS(=O)(=O)C1. The number of carbonyl (C=O) groups excluding carboxylic acids is 2. The largest absolute Gasteiger partial charge is 0.383 e. The molecule has 0 bridgehead atoms. The van der Waals surface area contributed by atoms with Gasteiger partial charge in [0.2, 0.25) is 11.8 Å². The molecule has 1 unspecified atom stereocenters. The van der Waals surface area contributed by atoms with Crippen molar-refractivity contribution in [3.05, 3.63) is 35.9 Å². The van der Waals surface area contributed by atoms with E-state index in [-0.39, 0.29) is 35.8 Å². The number of rotatable bonds is 9. The van der Waals surface area contributed by atoms with Crippen molar-refractivity contribution in [3.63, 3.8) is 0 Å². The Balaban J connectivity index is 1.98. The first-order chi connectivity index (χ1) is 12.8. The number of hydrogen-bond donors (Lipinski definition) is 0. The highest BCUT2D eigenvalue weighted by Gasteiger charge is 2.34. The lowest BCUT2D eigenvalue weighted by atomic mass is 10.2. The molecule has 1 fully saturated rings. The summed E-state index contributed by atoms with van der Waals surface area (Å²) >= 11 is 0. The minimum atomic E-state index is -3.08. The van der Waals surface area contributed by atoms with Gasteiger partial charge in [0.15, 0.2) is 9.84 Å². The molecular weight excluding hydrogens is 368 g/mol. The number of benzene rings is 1. The molecule has 0 spiro atoms. The molecule has 27 heavy (non-hydrogen) atoms. The molecule has 8 heteroatoms. The molecule has 0 aliphatic carbocycles. The third-order valence-corrected chi connectivity index (χ3v) is 6.51. The summed E-state index contributed by atoms with van der Waals surface area (Å²) in [5.74, 6) is -0.128. The molecule has 1 aromatic carbocycles. The quantitative estimate of drug-likeness (QED) is 0.624. The summed E-state index contributed by atoms with van der Waals surface area (Å²) in [6.45, 7) is 2.93. The van der Waals surface area contributed by atoms with Crippen LogP contribution in [0.1, 0.15) is 25.3 Å². The van der Waals surface area contributed by atoms with Crippen LogP contribution in [0.3, 0.4) is 0 Å². The van der Waals surface area contributed by atoms with E-state index in [0.29, 0.717) is 32.7 Å².